The molecule has 2 N–H and O–H groups in total. The van der Waals surface area contributed by atoms with Gasteiger partial charge in [0.25, 0.3) is 6.02 Å². The van der Waals surface area contributed by atoms with Crippen molar-refractivity contribution >= 4 is 11.8 Å². The lowest BCUT2D eigenvalue weighted by molar-refractivity contribution is 0.0988. The lowest BCUT2D eigenvalue weighted by atomic mass is 9.96. The Kier molecular flexibility index (Phi) is 7.77. The zero-order valence-electron chi connectivity index (χ0n) is 18.9. The number of nitriles is 1. The van der Waals surface area contributed by atoms with E-state index in [0.717, 1.165) is 22.4 Å². The van der Waals surface area contributed by atoms with E-state index in [4.69, 9.17) is 20.5 Å². The van der Waals surface area contributed by atoms with E-state index in [9.17, 15) is 4.79 Å². The molecule has 3 aromatic rings. The number of nitrogens with zero attached hydrogens (tertiary/aromatic N) is 3. The highest BCUT2D eigenvalue weighted by atomic mass is 16.5. The van der Waals surface area contributed by atoms with Crippen molar-refractivity contribution in [3.63, 3.8) is 0 Å². The second-order valence-corrected chi connectivity index (χ2v) is 7.70. The van der Waals surface area contributed by atoms with Crippen molar-refractivity contribution < 1.29 is 14.3 Å². The molecule has 1 unspecified atom stereocenters. The largest absolute Gasteiger partial charge is 0.491 e. The van der Waals surface area contributed by atoms with Gasteiger partial charge in [-0.05, 0) is 54.8 Å². The summed E-state index contributed by atoms with van der Waals surface area (Å²) in [5, 5.41) is 8.90. The molecule has 0 aliphatic carbocycles. The van der Waals surface area contributed by atoms with Crippen LogP contribution in [-0.4, -0.2) is 30.0 Å². The molecular weight excluding hydrogens is 416 g/mol. The van der Waals surface area contributed by atoms with Crippen LogP contribution in [0.25, 0.3) is 0 Å². The van der Waals surface area contributed by atoms with E-state index in [2.05, 4.69) is 9.98 Å². The van der Waals surface area contributed by atoms with Gasteiger partial charge >= 0.3 is 0 Å². The third-order valence-electron chi connectivity index (χ3n) is 4.84. The average Bonchev–Trinajstić information content (AvgIpc) is 2.82. The standard InChI is InChI=1S/C26H26N4O3/c1-17(2)33-22-10-8-20(9-11-22)25(30-26(28)32-3)21-6-4-5-18(13-21)14-24(31)23-12-7-19(15-27)16-29-23/h4-13,16-17,25H,14H2,1-3H3,(H2,28,30). The Balaban J connectivity index is 1.88. The van der Waals surface area contributed by atoms with E-state index in [-0.39, 0.29) is 24.3 Å². The van der Waals surface area contributed by atoms with E-state index in [1.165, 1.54) is 13.3 Å². The number of benzene rings is 2. The number of hydrogen-bond acceptors (Lipinski definition) is 6. The summed E-state index contributed by atoms with van der Waals surface area (Å²) < 4.78 is 10.8. The van der Waals surface area contributed by atoms with Gasteiger partial charge in [-0.25, -0.2) is 4.99 Å². The normalized spacial score (nSPS) is 12.2. The number of ether oxygens (including phenoxy) is 2. The summed E-state index contributed by atoms with van der Waals surface area (Å²) in [7, 11) is 1.47. The summed E-state index contributed by atoms with van der Waals surface area (Å²) in [6.07, 6.45) is 1.65. The first-order chi connectivity index (χ1) is 15.9. The Hall–Kier alpha value is -4.18. The lowest BCUT2D eigenvalue weighted by Gasteiger charge is -2.17. The predicted octanol–water partition coefficient (Wildman–Crippen LogP) is 4.22. The molecule has 0 saturated heterocycles. The molecule has 7 heteroatoms. The SMILES string of the molecule is COC(N)=NC(c1ccc(OC(C)C)cc1)c1cccc(CC(=O)c2ccc(C#N)cn2)c1. The second-order valence-electron chi connectivity index (χ2n) is 7.70. The third-order valence-corrected chi connectivity index (χ3v) is 4.84. The number of amidine groups is 1. The van der Waals surface area contributed by atoms with Crippen LogP contribution in [0.4, 0.5) is 0 Å². The first-order valence-corrected chi connectivity index (χ1v) is 10.5. The molecule has 2 aromatic carbocycles. The molecule has 3 rings (SSSR count). The van der Waals surface area contributed by atoms with Gasteiger partial charge in [0.2, 0.25) is 0 Å². The number of Topliss-reactive ketones (excluding diaryl/α,β-unsaturated/α-hetero) is 1. The molecule has 0 radical (unpaired) electrons. The zero-order chi connectivity index (χ0) is 23.8. The fourth-order valence-electron chi connectivity index (χ4n) is 3.30. The molecule has 1 aromatic heterocycles. The molecule has 0 saturated carbocycles. The maximum absolute atomic E-state index is 12.7. The lowest BCUT2D eigenvalue weighted by Crippen LogP contribution is -2.16. The Morgan fingerprint density at radius 3 is 2.48 bits per heavy atom. The summed E-state index contributed by atoms with van der Waals surface area (Å²) in [6, 6.07) is 20.1. The van der Waals surface area contributed by atoms with Crippen LogP contribution in [0.3, 0.4) is 0 Å². The Bertz CT molecular complexity index is 1160. The highest BCUT2D eigenvalue weighted by Crippen LogP contribution is 2.29. The highest BCUT2D eigenvalue weighted by molar-refractivity contribution is 5.95. The topological polar surface area (TPSA) is 111 Å². The molecule has 0 bridgehead atoms. The average molecular weight is 443 g/mol. The fourth-order valence-corrected chi connectivity index (χ4v) is 3.30. The van der Waals surface area contributed by atoms with Gasteiger partial charge in [0.15, 0.2) is 5.78 Å². The van der Waals surface area contributed by atoms with E-state index in [0.29, 0.717) is 11.3 Å². The number of ketones is 1. The number of carbonyl (C=O) groups is 1. The molecular formula is C26H26N4O3. The van der Waals surface area contributed by atoms with Gasteiger partial charge in [-0.3, -0.25) is 9.78 Å². The maximum atomic E-state index is 12.7. The van der Waals surface area contributed by atoms with Crippen molar-refractivity contribution in [3.05, 3.63) is 94.8 Å². The molecule has 33 heavy (non-hydrogen) atoms. The fraction of sp³-hybridized carbons (Fsp3) is 0.231. The Morgan fingerprint density at radius 2 is 1.88 bits per heavy atom. The molecule has 0 amide bonds. The van der Waals surface area contributed by atoms with Crippen LogP contribution in [0.1, 0.15) is 52.6 Å². The van der Waals surface area contributed by atoms with Gasteiger partial charge in [0.1, 0.15) is 23.6 Å². The highest BCUT2D eigenvalue weighted by Gasteiger charge is 2.17. The van der Waals surface area contributed by atoms with Crippen LogP contribution >= 0.6 is 0 Å². The summed E-state index contributed by atoms with van der Waals surface area (Å²) in [5.41, 5.74) is 9.20. The van der Waals surface area contributed by atoms with Gasteiger partial charge in [0.05, 0.1) is 18.8 Å². The molecule has 168 valence electrons. The van der Waals surface area contributed by atoms with Crippen LogP contribution in [-0.2, 0) is 11.2 Å². The van der Waals surface area contributed by atoms with Gasteiger partial charge in [-0.2, -0.15) is 5.26 Å². The van der Waals surface area contributed by atoms with E-state index < -0.39 is 6.04 Å². The van der Waals surface area contributed by atoms with Crippen molar-refractivity contribution in [2.75, 3.05) is 7.11 Å². The molecule has 0 fully saturated rings. The number of nitrogens with two attached hydrogens (primary N) is 1. The number of rotatable bonds is 8. The van der Waals surface area contributed by atoms with E-state index in [1.54, 1.807) is 12.1 Å². The van der Waals surface area contributed by atoms with E-state index in [1.807, 2.05) is 68.4 Å². The smallest absolute Gasteiger partial charge is 0.282 e. The summed E-state index contributed by atoms with van der Waals surface area (Å²) in [6.45, 7) is 3.95. The van der Waals surface area contributed by atoms with Gasteiger partial charge in [0, 0.05) is 12.6 Å². The van der Waals surface area contributed by atoms with Crippen molar-refractivity contribution in [1.82, 2.24) is 4.98 Å². The molecule has 1 atom stereocenters. The summed E-state index contributed by atoms with van der Waals surface area (Å²) in [4.78, 5) is 21.3. The van der Waals surface area contributed by atoms with Crippen molar-refractivity contribution in [2.45, 2.75) is 32.4 Å². The number of hydrogen-bond donors (Lipinski definition) is 1. The molecule has 0 aliphatic rings. The van der Waals surface area contributed by atoms with Crippen molar-refractivity contribution in [1.29, 1.82) is 5.26 Å². The molecule has 7 nitrogen and oxygen atoms in total. The van der Waals surface area contributed by atoms with Crippen molar-refractivity contribution in [2.24, 2.45) is 10.7 Å². The number of pyridine rings is 1. The minimum absolute atomic E-state index is 0.0609. The predicted molar refractivity (Wildman–Crippen MR) is 126 cm³/mol. The third kappa shape index (κ3) is 6.40. The minimum Gasteiger partial charge on any atom is -0.491 e. The van der Waals surface area contributed by atoms with Crippen LogP contribution < -0.4 is 10.5 Å². The number of methoxy groups -OCH3 is 1. The first kappa shape index (κ1) is 23.5. The van der Waals surface area contributed by atoms with Crippen LogP contribution in [0, 0.1) is 11.3 Å². The van der Waals surface area contributed by atoms with Gasteiger partial charge in [-0.15, -0.1) is 0 Å². The zero-order valence-corrected chi connectivity index (χ0v) is 18.9. The van der Waals surface area contributed by atoms with Crippen LogP contribution in [0.2, 0.25) is 0 Å². The van der Waals surface area contributed by atoms with E-state index >= 15 is 0 Å². The van der Waals surface area contributed by atoms with Crippen molar-refractivity contribution in [3.8, 4) is 11.8 Å². The quantitative estimate of drug-likeness (QED) is 0.318. The maximum Gasteiger partial charge on any atom is 0.282 e. The molecule has 1 heterocycles. The van der Waals surface area contributed by atoms with Crippen LogP contribution in [0.5, 0.6) is 5.75 Å². The monoisotopic (exact) mass is 442 g/mol. The number of aliphatic imine (C=N–C) groups is 1. The first-order valence-electron chi connectivity index (χ1n) is 10.5. The Morgan fingerprint density at radius 1 is 1.12 bits per heavy atom. The number of carbonyl (C=O) groups excluding carboxylic acids is 1. The number of aromatic nitrogens is 1. The van der Waals surface area contributed by atoms with Crippen LogP contribution in [0.15, 0.2) is 71.9 Å². The molecule has 0 spiro atoms. The summed E-state index contributed by atoms with van der Waals surface area (Å²) >= 11 is 0. The van der Waals surface area contributed by atoms with Gasteiger partial charge in [-0.1, -0.05) is 36.4 Å². The molecule has 0 aliphatic heterocycles. The minimum atomic E-state index is -0.416. The second kappa shape index (κ2) is 10.9. The summed E-state index contributed by atoms with van der Waals surface area (Å²) in [5.74, 6) is 0.633. The Labute approximate surface area is 193 Å². The van der Waals surface area contributed by atoms with Gasteiger partial charge < -0.3 is 15.2 Å².